The highest BCUT2D eigenvalue weighted by Gasteiger charge is 2.16. The summed E-state index contributed by atoms with van der Waals surface area (Å²) in [4.78, 5) is 12.1. The van der Waals surface area contributed by atoms with Gasteiger partial charge in [-0.3, -0.25) is 9.89 Å². The number of aryl methyl sites for hydroxylation is 1. The molecule has 7 heteroatoms. The number of halogens is 1. The molecular weight excluding hydrogens is 493 g/mol. The molecule has 0 radical (unpaired) electrons. The Morgan fingerprint density at radius 3 is 2.24 bits per heavy atom. The molecule has 0 aliphatic carbocycles. The fourth-order valence-electron chi connectivity index (χ4n) is 3.54. The van der Waals surface area contributed by atoms with Crippen molar-refractivity contribution in [3.63, 3.8) is 0 Å². The van der Waals surface area contributed by atoms with Crippen LogP contribution in [0.3, 0.4) is 0 Å². The lowest BCUT2D eigenvalue weighted by Gasteiger charge is -2.34. The van der Waals surface area contributed by atoms with Gasteiger partial charge in [-0.15, -0.1) is 35.3 Å². The van der Waals surface area contributed by atoms with Crippen LogP contribution in [0.4, 0.5) is 0 Å². The maximum Gasteiger partial charge on any atom is 0.191 e. The molecule has 2 N–H and O–H groups in total. The van der Waals surface area contributed by atoms with Gasteiger partial charge in [0.1, 0.15) is 0 Å². The Morgan fingerprint density at radius 1 is 0.966 bits per heavy atom. The number of aliphatic imine (C=N–C) groups is 1. The van der Waals surface area contributed by atoms with Gasteiger partial charge in [-0.25, -0.2) is 0 Å². The van der Waals surface area contributed by atoms with Gasteiger partial charge in [0.25, 0.3) is 0 Å². The van der Waals surface area contributed by atoms with E-state index in [1.165, 1.54) is 34.0 Å². The Balaban J connectivity index is 0.00000300. The minimum absolute atomic E-state index is 0. The summed E-state index contributed by atoms with van der Waals surface area (Å²) in [5.74, 6) is 0.845. The molecule has 1 aliphatic heterocycles. The van der Waals surface area contributed by atoms with E-state index in [1.807, 2.05) is 18.4 Å². The number of guanidine groups is 1. The zero-order chi connectivity index (χ0) is 19.8. The van der Waals surface area contributed by atoms with Crippen molar-refractivity contribution in [2.24, 2.45) is 4.99 Å². The summed E-state index contributed by atoms with van der Waals surface area (Å²) in [5.41, 5.74) is 2.75. The zero-order valence-corrected chi connectivity index (χ0v) is 20.9. The van der Waals surface area contributed by atoms with Crippen LogP contribution in [0.5, 0.6) is 0 Å². The van der Waals surface area contributed by atoms with Crippen LogP contribution in [0.15, 0.2) is 41.4 Å². The Labute approximate surface area is 196 Å². The van der Waals surface area contributed by atoms with Crippen molar-refractivity contribution in [1.82, 2.24) is 20.4 Å². The molecule has 0 atom stereocenters. The number of likely N-dealkylation sites (N-methyl/N-ethyl adjacent to an activating group) is 1. The number of nitrogens with one attached hydrogen (secondary N) is 2. The van der Waals surface area contributed by atoms with Crippen LogP contribution >= 0.6 is 35.3 Å². The second-order valence-electron chi connectivity index (χ2n) is 7.27. The Kier molecular flexibility index (Phi) is 10.4. The summed E-state index contributed by atoms with van der Waals surface area (Å²) in [6, 6.07) is 13.1. The van der Waals surface area contributed by atoms with Gasteiger partial charge in [0.15, 0.2) is 5.96 Å². The maximum atomic E-state index is 4.37. The third-order valence-corrected chi connectivity index (χ3v) is 6.32. The van der Waals surface area contributed by atoms with E-state index in [4.69, 9.17) is 0 Å². The van der Waals surface area contributed by atoms with Gasteiger partial charge in [-0.1, -0.05) is 31.2 Å². The highest BCUT2D eigenvalue weighted by molar-refractivity contribution is 14.0. The zero-order valence-electron chi connectivity index (χ0n) is 17.8. The molecule has 160 valence electrons. The van der Waals surface area contributed by atoms with Crippen LogP contribution in [-0.4, -0.2) is 55.5 Å². The van der Waals surface area contributed by atoms with Gasteiger partial charge in [-0.05, 0) is 36.7 Å². The standard InChI is InChI=1S/C22H33N5S.HI/c1-4-26-11-13-27(14-12-26)17-20-8-6-5-7-19(20)15-24-22(23-3)25-16-21-10-9-18(2)28-21;/h5-10H,4,11-17H2,1-3H3,(H2,23,24,25);1H. The lowest BCUT2D eigenvalue weighted by atomic mass is 10.1. The second kappa shape index (κ2) is 12.5. The van der Waals surface area contributed by atoms with E-state index in [0.717, 1.165) is 45.2 Å². The van der Waals surface area contributed by atoms with E-state index in [9.17, 15) is 0 Å². The molecule has 0 unspecified atom stereocenters. The predicted molar refractivity (Wildman–Crippen MR) is 135 cm³/mol. The molecule has 1 saturated heterocycles. The van der Waals surface area contributed by atoms with Crippen LogP contribution in [0, 0.1) is 6.92 Å². The van der Waals surface area contributed by atoms with Crippen LogP contribution in [0.25, 0.3) is 0 Å². The molecule has 0 bridgehead atoms. The third kappa shape index (κ3) is 7.55. The minimum atomic E-state index is 0. The Hall–Kier alpha value is -1.16. The predicted octanol–water partition coefficient (Wildman–Crippen LogP) is 3.68. The topological polar surface area (TPSA) is 42.9 Å². The van der Waals surface area contributed by atoms with Crippen molar-refractivity contribution in [3.8, 4) is 0 Å². The van der Waals surface area contributed by atoms with Crippen molar-refractivity contribution < 1.29 is 0 Å². The summed E-state index contributed by atoms with van der Waals surface area (Å²) < 4.78 is 0. The van der Waals surface area contributed by atoms with Crippen molar-refractivity contribution in [2.45, 2.75) is 33.5 Å². The molecule has 0 amide bonds. The Morgan fingerprint density at radius 2 is 1.62 bits per heavy atom. The van der Waals surface area contributed by atoms with Crippen LogP contribution in [0.1, 0.15) is 27.8 Å². The van der Waals surface area contributed by atoms with Crippen molar-refractivity contribution in [2.75, 3.05) is 39.8 Å². The summed E-state index contributed by atoms with van der Waals surface area (Å²) in [6.45, 7) is 12.8. The lowest BCUT2D eigenvalue weighted by Crippen LogP contribution is -2.45. The summed E-state index contributed by atoms with van der Waals surface area (Å²) in [7, 11) is 1.83. The fraction of sp³-hybridized carbons (Fsp3) is 0.500. The molecule has 2 aromatic rings. The van der Waals surface area contributed by atoms with E-state index in [2.05, 4.69) is 75.7 Å². The number of hydrogen-bond acceptors (Lipinski definition) is 4. The van der Waals surface area contributed by atoms with Crippen molar-refractivity contribution in [1.29, 1.82) is 0 Å². The highest BCUT2D eigenvalue weighted by atomic mass is 127. The van der Waals surface area contributed by atoms with E-state index in [-0.39, 0.29) is 24.0 Å². The molecule has 3 rings (SSSR count). The molecule has 1 aromatic heterocycles. The average molecular weight is 528 g/mol. The fourth-order valence-corrected chi connectivity index (χ4v) is 4.37. The number of hydrogen-bond donors (Lipinski definition) is 2. The van der Waals surface area contributed by atoms with Gasteiger partial charge < -0.3 is 15.5 Å². The number of rotatable bonds is 7. The highest BCUT2D eigenvalue weighted by Crippen LogP contribution is 2.15. The molecule has 1 fully saturated rings. The quantitative estimate of drug-likeness (QED) is 0.328. The molecule has 5 nitrogen and oxygen atoms in total. The number of thiophene rings is 1. The molecule has 2 heterocycles. The van der Waals surface area contributed by atoms with Crippen LogP contribution in [-0.2, 0) is 19.6 Å². The van der Waals surface area contributed by atoms with Gasteiger partial charge >= 0.3 is 0 Å². The van der Waals surface area contributed by atoms with E-state index >= 15 is 0 Å². The maximum absolute atomic E-state index is 4.37. The van der Waals surface area contributed by atoms with Gasteiger partial charge in [0.05, 0.1) is 6.54 Å². The normalized spacial score (nSPS) is 15.8. The first-order valence-electron chi connectivity index (χ1n) is 10.2. The average Bonchev–Trinajstić information content (AvgIpc) is 3.15. The molecule has 0 spiro atoms. The van der Waals surface area contributed by atoms with Crippen molar-refractivity contribution in [3.05, 3.63) is 57.3 Å². The third-order valence-electron chi connectivity index (χ3n) is 5.32. The van der Waals surface area contributed by atoms with Crippen LogP contribution < -0.4 is 10.6 Å². The van der Waals surface area contributed by atoms with Gasteiger partial charge in [-0.2, -0.15) is 0 Å². The van der Waals surface area contributed by atoms with E-state index in [0.29, 0.717) is 0 Å². The minimum Gasteiger partial charge on any atom is -0.352 e. The van der Waals surface area contributed by atoms with E-state index < -0.39 is 0 Å². The molecule has 0 saturated carbocycles. The molecular formula is C22H34IN5S. The number of nitrogens with zero attached hydrogens (tertiary/aromatic N) is 3. The summed E-state index contributed by atoms with van der Waals surface area (Å²) in [5, 5.41) is 6.89. The smallest absolute Gasteiger partial charge is 0.191 e. The SMILES string of the molecule is CCN1CCN(Cc2ccccc2CNC(=NC)NCc2ccc(C)s2)CC1.I. The first kappa shape index (κ1) is 24.1. The van der Waals surface area contributed by atoms with E-state index in [1.54, 1.807) is 0 Å². The first-order chi connectivity index (χ1) is 13.7. The largest absolute Gasteiger partial charge is 0.352 e. The lowest BCUT2D eigenvalue weighted by molar-refractivity contribution is 0.131. The monoisotopic (exact) mass is 527 g/mol. The number of benzene rings is 1. The first-order valence-corrected chi connectivity index (χ1v) is 11.0. The molecule has 1 aromatic carbocycles. The van der Waals surface area contributed by atoms with Crippen molar-refractivity contribution >= 4 is 41.3 Å². The molecule has 29 heavy (non-hydrogen) atoms. The second-order valence-corrected chi connectivity index (χ2v) is 8.64. The van der Waals surface area contributed by atoms with Crippen LogP contribution in [0.2, 0.25) is 0 Å². The van der Waals surface area contributed by atoms with Gasteiger partial charge in [0.2, 0.25) is 0 Å². The summed E-state index contributed by atoms with van der Waals surface area (Å²) in [6.07, 6.45) is 0. The summed E-state index contributed by atoms with van der Waals surface area (Å²) >= 11 is 1.82. The van der Waals surface area contributed by atoms with Gasteiger partial charge in [0, 0.05) is 56.1 Å². The number of piperazine rings is 1. The Bertz CT molecular complexity index is 768. The molecule has 1 aliphatic rings.